The van der Waals surface area contributed by atoms with Gasteiger partial charge in [-0.25, -0.2) is 0 Å². The molecule has 4 rings (SSSR count). The minimum atomic E-state index is -4.63. The van der Waals surface area contributed by atoms with Crippen molar-refractivity contribution >= 4 is 5.91 Å². The number of halogens is 3. The molecule has 6 nitrogen and oxygen atoms in total. The Balaban J connectivity index is 1.65. The molecule has 0 saturated carbocycles. The van der Waals surface area contributed by atoms with E-state index in [1.54, 1.807) is 10.9 Å². The third-order valence-corrected chi connectivity index (χ3v) is 5.47. The van der Waals surface area contributed by atoms with E-state index in [1.165, 1.54) is 17.0 Å². The third-order valence-electron chi connectivity index (χ3n) is 5.47. The van der Waals surface area contributed by atoms with Crippen molar-refractivity contribution in [2.24, 2.45) is 7.05 Å². The standard InChI is InChI=1S/C23H22F3N3O3/c1-28-21-16(14-27-28)9-10-29(11-12-32-19-6-4-3-5-17(19)21)22(30)15-7-8-20(31-2)18(13-15)23(24,25)26/h3-8,13-14H,9-12H2,1-2H3. The Morgan fingerprint density at radius 2 is 1.94 bits per heavy atom. The second kappa shape index (κ2) is 8.57. The summed E-state index contributed by atoms with van der Waals surface area (Å²) in [6, 6.07) is 10.9. The van der Waals surface area contributed by atoms with E-state index in [0.717, 1.165) is 30.0 Å². The molecule has 1 aromatic heterocycles. The molecule has 1 aliphatic rings. The molecule has 1 amide bonds. The van der Waals surface area contributed by atoms with Crippen LogP contribution in [0, 0.1) is 0 Å². The molecule has 0 bridgehead atoms. The number of nitrogens with zero attached hydrogens (tertiary/aromatic N) is 3. The molecule has 2 aromatic carbocycles. The molecule has 32 heavy (non-hydrogen) atoms. The first-order chi connectivity index (χ1) is 15.3. The summed E-state index contributed by atoms with van der Waals surface area (Å²) in [5, 5.41) is 4.35. The zero-order chi connectivity index (χ0) is 22.9. The van der Waals surface area contributed by atoms with E-state index in [1.807, 2.05) is 31.3 Å². The van der Waals surface area contributed by atoms with Gasteiger partial charge in [0.25, 0.3) is 5.91 Å². The summed E-state index contributed by atoms with van der Waals surface area (Å²) in [4.78, 5) is 14.7. The summed E-state index contributed by atoms with van der Waals surface area (Å²) in [5.41, 5.74) is 1.69. The first-order valence-electron chi connectivity index (χ1n) is 10.1. The first-order valence-corrected chi connectivity index (χ1v) is 10.1. The average Bonchev–Trinajstić information content (AvgIpc) is 3.15. The maximum Gasteiger partial charge on any atom is 0.419 e. The molecule has 0 atom stereocenters. The Morgan fingerprint density at radius 1 is 1.16 bits per heavy atom. The number of aromatic nitrogens is 2. The number of aryl methyl sites for hydroxylation is 1. The number of ether oxygens (including phenoxy) is 2. The van der Waals surface area contributed by atoms with Crippen LogP contribution < -0.4 is 9.47 Å². The van der Waals surface area contributed by atoms with Gasteiger partial charge in [-0.05, 0) is 42.3 Å². The number of alkyl halides is 3. The minimum absolute atomic E-state index is 0.0537. The van der Waals surface area contributed by atoms with Gasteiger partial charge in [-0.3, -0.25) is 9.48 Å². The van der Waals surface area contributed by atoms with E-state index in [-0.39, 0.29) is 24.5 Å². The fourth-order valence-electron chi connectivity index (χ4n) is 3.88. The lowest BCUT2D eigenvalue weighted by Gasteiger charge is -2.25. The molecule has 0 spiro atoms. The van der Waals surface area contributed by atoms with Gasteiger partial charge in [-0.15, -0.1) is 0 Å². The highest BCUT2D eigenvalue weighted by Crippen LogP contribution is 2.37. The van der Waals surface area contributed by atoms with Gasteiger partial charge in [0.1, 0.15) is 18.1 Å². The number of benzene rings is 2. The SMILES string of the molecule is COc1ccc(C(=O)N2CCOc3ccccc3-c3c(cnn3C)CC2)cc1C(F)(F)F. The average molecular weight is 445 g/mol. The number of carbonyl (C=O) groups is 1. The van der Waals surface area contributed by atoms with Crippen LogP contribution in [0.4, 0.5) is 13.2 Å². The number of para-hydroxylation sites is 1. The molecular formula is C23H22F3N3O3. The van der Waals surface area contributed by atoms with Gasteiger partial charge in [0.2, 0.25) is 0 Å². The lowest BCUT2D eigenvalue weighted by molar-refractivity contribution is -0.138. The maximum absolute atomic E-state index is 13.4. The van der Waals surface area contributed by atoms with Gasteiger partial charge in [-0.2, -0.15) is 18.3 Å². The molecule has 9 heteroatoms. The summed E-state index contributed by atoms with van der Waals surface area (Å²) in [6.07, 6.45) is -2.39. The number of hydrogen-bond acceptors (Lipinski definition) is 4. The molecule has 3 aromatic rings. The van der Waals surface area contributed by atoms with Crippen LogP contribution in [0.25, 0.3) is 11.3 Å². The summed E-state index contributed by atoms with van der Waals surface area (Å²) < 4.78 is 52.8. The number of rotatable bonds is 2. The quantitative estimate of drug-likeness (QED) is 0.594. The zero-order valence-electron chi connectivity index (χ0n) is 17.6. The maximum atomic E-state index is 13.4. The number of amides is 1. The first kappa shape index (κ1) is 21.7. The highest BCUT2D eigenvalue weighted by Gasteiger charge is 2.35. The van der Waals surface area contributed by atoms with Crippen molar-refractivity contribution in [3.63, 3.8) is 0 Å². The van der Waals surface area contributed by atoms with Crippen molar-refractivity contribution in [2.75, 3.05) is 26.8 Å². The number of methoxy groups -OCH3 is 1. The van der Waals surface area contributed by atoms with Crippen LogP contribution in [-0.2, 0) is 19.6 Å². The summed E-state index contributed by atoms with van der Waals surface area (Å²) >= 11 is 0. The second-order valence-electron chi connectivity index (χ2n) is 7.44. The molecule has 0 radical (unpaired) electrons. The Labute approximate surface area is 183 Å². The van der Waals surface area contributed by atoms with E-state index < -0.39 is 17.6 Å². The Kier molecular flexibility index (Phi) is 5.82. The van der Waals surface area contributed by atoms with E-state index in [2.05, 4.69) is 5.10 Å². The van der Waals surface area contributed by atoms with Crippen LogP contribution in [0.1, 0.15) is 21.5 Å². The van der Waals surface area contributed by atoms with Crippen LogP contribution in [-0.4, -0.2) is 47.4 Å². The van der Waals surface area contributed by atoms with Gasteiger partial charge in [0, 0.05) is 24.7 Å². The van der Waals surface area contributed by atoms with Crippen LogP contribution in [0.3, 0.4) is 0 Å². The largest absolute Gasteiger partial charge is 0.496 e. The van der Waals surface area contributed by atoms with Gasteiger partial charge >= 0.3 is 6.18 Å². The second-order valence-corrected chi connectivity index (χ2v) is 7.44. The van der Waals surface area contributed by atoms with Crippen molar-refractivity contribution in [1.29, 1.82) is 0 Å². The fraction of sp³-hybridized carbons (Fsp3) is 0.304. The van der Waals surface area contributed by atoms with Crippen molar-refractivity contribution in [3.05, 3.63) is 65.4 Å². The molecule has 0 fully saturated rings. The van der Waals surface area contributed by atoms with Crippen LogP contribution >= 0.6 is 0 Å². The van der Waals surface area contributed by atoms with E-state index >= 15 is 0 Å². The fourth-order valence-corrected chi connectivity index (χ4v) is 3.88. The van der Waals surface area contributed by atoms with E-state index in [4.69, 9.17) is 9.47 Å². The number of carbonyl (C=O) groups excluding carboxylic acids is 1. The Morgan fingerprint density at radius 3 is 2.69 bits per heavy atom. The molecule has 2 heterocycles. The zero-order valence-corrected chi connectivity index (χ0v) is 17.6. The summed E-state index contributed by atoms with van der Waals surface area (Å²) in [6.45, 7) is 0.755. The normalized spacial score (nSPS) is 14.2. The Bertz CT molecular complexity index is 1140. The highest BCUT2D eigenvalue weighted by molar-refractivity contribution is 5.94. The predicted octanol–water partition coefficient (Wildman–Crippen LogP) is 4.19. The van der Waals surface area contributed by atoms with Crippen molar-refractivity contribution < 1.29 is 27.4 Å². The van der Waals surface area contributed by atoms with Gasteiger partial charge in [0.05, 0.1) is 31.1 Å². The smallest absolute Gasteiger partial charge is 0.419 e. The summed E-state index contributed by atoms with van der Waals surface area (Å²) in [7, 11) is 3.00. The molecule has 168 valence electrons. The third kappa shape index (κ3) is 4.15. The molecule has 0 saturated heterocycles. The van der Waals surface area contributed by atoms with Gasteiger partial charge in [-0.1, -0.05) is 12.1 Å². The predicted molar refractivity (Wildman–Crippen MR) is 112 cm³/mol. The van der Waals surface area contributed by atoms with Crippen molar-refractivity contribution in [3.8, 4) is 22.8 Å². The minimum Gasteiger partial charge on any atom is -0.496 e. The number of fused-ring (bicyclic) bond motifs is 3. The lowest BCUT2D eigenvalue weighted by atomic mass is 10.0. The van der Waals surface area contributed by atoms with Crippen LogP contribution in [0.15, 0.2) is 48.7 Å². The molecular weight excluding hydrogens is 423 g/mol. The van der Waals surface area contributed by atoms with E-state index in [0.29, 0.717) is 18.7 Å². The molecule has 1 aliphatic heterocycles. The van der Waals surface area contributed by atoms with Crippen LogP contribution in [0.2, 0.25) is 0 Å². The molecule has 0 N–H and O–H groups in total. The lowest BCUT2D eigenvalue weighted by Crippen LogP contribution is -2.36. The van der Waals surface area contributed by atoms with Crippen molar-refractivity contribution in [2.45, 2.75) is 12.6 Å². The number of hydrogen-bond donors (Lipinski definition) is 0. The molecule has 0 aliphatic carbocycles. The monoisotopic (exact) mass is 445 g/mol. The van der Waals surface area contributed by atoms with Crippen LogP contribution in [0.5, 0.6) is 11.5 Å². The van der Waals surface area contributed by atoms with Gasteiger partial charge in [0.15, 0.2) is 0 Å². The van der Waals surface area contributed by atoms with E-state index in [9.17, 15) is 18.0 Å². The molecule has 0 unspecified atom stereocenters. The van der Waals surface area contributed by atoms with Crippen molar-refractivity contribution in [1.82, 2.24) is 14.7 Å². The summed E-state index contributed by atoms with van der Waals surface area (Å²) in [5.74, 6) is -0.161. The topological polar surface area (TPSA) is 56.6 Å². The Hall–Kier alpha value is -3.49. The highest BCUT2D eigenvalue weighted by atomic mass is 19.4. The van der Waals surface area contributed by atoms with Gasteiger partial charge < -0.3 is 14.4 Å².